The van der Waals surface area contributed by atoms with Crippen molar-refractivity contribution >= 4 is 43.2 Å². The summed E-state index contributed by atoms with van der Waals surface area (Å²) in [4.78, 5) is 5.17. The van der Waals surface area contributed by atoms with Crippen LogP contribution in [0.4, 0.5) is 0 Å². The summed E-state index contributed by atoms with van der Waals surface area (Å²) < 4.78 is 7.86. The smallest absolute Gasteiger partial charge is 0.148 e. The normalized spacial score (nSPS) is 14.2. The van der Waals surface area contributed by atoms with Gasteiger partial charge in [0.15, 0.2) is 0 Å². The Bertz CT molecular complexity index is 530. The van der Waals surface area contributed by atoms with E-state index in [0.29, 0.717) is 5.75 Å². The molecule has 0 aliphatic heterocycles. The number of hydrogen-bond donors (Lipinski definition) is 1. The van der Waals surface area contributed by atoms with Crippen molar-refractivity contribution in [2.45, 2.75) is 19.1 Å². The molecule has 2 aromatic rings. The summed E-state index contributed by atoms with van der Waals surface area (Å²) in [5.74, 6) is 0.705. The lowest BCUT2D eigenvalue weighted by Crippen LogP contribution is -2.28. The number of ether oxygens (including phenoxy) is 1. The molecule has 2 N–H and O–H groups in total. The molecule has 2 unspecified atom stereocenters. The molecule has 6 heteroatoms. The van der Waals surface area contributed by atoms with Gasteiger partial charge in [-0.2, -0.15) is 0 Å². The third kappa shape index (κ3) is 3.54. The van der Waals surface area contributed by atoms with Gasteiger partial charge in [0.25, 0.3) is 0 Å². The molecule has 0 aliphatic rings. The van der Waals surface area contributed by atoms with Gasteiger partial charge in [0.05, 0.1) is 6.20 Å². The molecule has 18 heavy (non-hydrogen) atoms. The average molecular weight is 392 g/mol. The van der Waals surface area contributed by atoms with Crippen LogP contribution in [0.5, 0.6) is 5.75 Å². The fourth-order valence-corrected chi connectivity index (χ4v) is 3.44. The molecule has 0 saturated carbocycles. The maximum Gasteiger partial charge on any atom is 0.148 e. The van der Waals surface area contributed by atoms with E-state index in [4.69, 9.17) is 10.5 Å². The van der Waals surface area contributed by atoms with Crippen LogP contribution in [-0.4, -0.2) is 11.0 Å². The Kier molecular flexibility index (Phi) is 4.77. The lowest BCUT2D eigenvalue weighted by Gasteiger charge is -2.21. The van der Waals surface area contributed by atoms with E-state index in [0.717, 1.165) is 13.8 Å². The van der Waals surface area contributed by atoms with E-state index in [9.17, 15) is 0 Å². The van der Waals surface area contributed by atoms with Gasteiger partial charge in [-0.25, -0.2) is 0 Å². The van der Waals surface area contributed by atoms with Crippen molar-refractivity contribution in [3.63, 3.8) is 0 Å². The van der Waals surface area contributed by atoms with Crippen LogP contribution < -0.4 is 10.5 Å². The van der Waals surface area contributed by atoms with Crippen LogP contribution in [0, 0.1) is 0 Å². The van der Waals surface area contributed by atoms with Gasteiger partial charge in [-0.3, -0.25) is 4.98 Å². The molecule has 0 fully saturated rings. The fourth-order valence-electron chi connectivity index (χ4n) is 1.51. The van der Waals surface area contributed by atoms with Gasteiger partial charge in [0.1, 0.15) is 11.9 Å². The second-order valence-electron chi connectivity index (χ2n) is 3.90. The molecule has 2 atom stereocenters. The number of pyridine rings is 1. The molecule has 0 amide bonds. The summed E-state index contributed by atoms with van der Waals surface area (Å²) in [7, 11) is 0. The van der Waals surface area contributed by atoms with E-state index in [-0.39, 0.29) is 12.1 Å². The Morgan fingerprint density at radius 2 is 2.06 bits per heavy atom. The largest absolute Gasteiger partial charge is 0.482 e. The number of halogens is 2. The van der Waals surface area contributed by atoms with Crippen molar-refractivity contribution < 1.29 is 4.74 Å². The van der Waals surface area contributed by atoms with Crippen LogP contribution >= 0.6 is 43.2 Å². The lowest BCUT2D eigenvalue weighted by atomic mass is 10.1. The van der Waals surface area contributed by atoms with Crippen LogP contribution in [-0.2, 0) is 0 Å². The van der Waals surface area contributed by atoms with Crippen molar-refractivity contribution in [1.29, 1.82) is 0 Å². The van der Waals surface area contributed by atoms with E-state index < -0.39 is 0 Å². The molecule has 3 nitrogen and oxygen atoms in total. The number of thiophene rings is 1. The van der Waals surface area contributed by atoms with Gasteiger partial charge >= 0.3 is 0 Å². The molecule has 0 aromatic carbocycles. The number of nitrogens with zero attached hydrogens (tertiary/aromatic N) is 1. The Morgan fingerprint density at radius 3 is 2.61 bits per heavy atom. The minimum atomic E-state index is -0.169. The maximum absolute atomic E-state index is 6.00. The van der Waals surface area contributed by atoms with Crippen molar-refractivity contribution in [2.75, 3.05) is 0 Å². The standard InChI is InChI=1S/C12H12Br2N2OS/c1-7(15)12(11-3-9(14)6-18-11)17-10-2-8(13)4-16-5-10/h2-7,12H,15H2,1H3. The zero-order valence-corrected chi connectivity index (χ0v) is 13.6. The second-order valence-corrected chi connectivity index (χ2v) is 6.68. The second kappa shape index (κ2) is 6.14. The van der Waals surface area contributed by atoms with E-state index in [2.05, 4.69) is 36.8 Å². The Hall–Kier alpha value is -0.430. The van der Waals surface area contributed by atoms with Gasteiger partial charge in [-0.05, 0) is 50.9 Å². The molecule has 2 heterocycles. The van der Waals surface area contributed by atoms with Crippen LogP contribution in [0.3, 0.4) is 0 Å². The van der Waals surface area contributed by atoms with Crippen molar-refractivity contribution in [3.05, 3.63) is 43.7 Å². The molecule has 2 aromatic heterocycles. The van der Waals surface area contributed by atoms with E-state index in [1.807, 2.05) is 24.4 Å². The highest BCUT2D eigenvalue weighted by Crippen LogP contribution is 2.31. The summed E-state index contributed by atoms with van der Waals surface area (Å²) in [6.07, 6.45) is 3.23. The molecule has 0 saturated heterocycles. The summed E-state index contributed by atoms with van der Waals surface area (Å²) in [5, 5.41) is 2.02. The highest BCUT2D eigenvalue weighted by Gasteiger charge is 2.20. The van der Waals surface area contributed by atoms with E-state index in [1.54, 1.807) is 23.7 Å². The van der Waals surface area contributed by atoms with E-state index in [1.165, 1.54) is 0 Å². The van der Waals surface area contributed by atoms with Crippen molar-refractivity contribution in [2.24, 2.45) is 5.73 Å². The zero-order chi connectivity index (χ0) is 13.1. The predicted molar refractivity (Wildman–Crippen MR) is 81.0 cm³/mol. The number of nitrogens with two attached hydrogens (primary N) is 1. The molecule has 2 rings (SSSR count). The lowest BCUT2D eigenvalue weighted by molar-refractivity contribution is 0.183. The van der Waals surface area contributed by atoms with Gasteiger partial charge in [0.2, 0.25) is 0 Å². The maximum atomic E-state index is 6.00. The van der Waals surface area contributed by atoms with Crippen LogP contribution in [0.25, 0.3) is 0 Å². The molecule has 0 spiro atoms. The molecular formula is C12H12Br2N2OS. The van der Waals surface area contributed by atoms with Crippen LogP contribution in [0.2, 0.25) is 0 Å². The van der Waals surface area contributed by atoms with Gasteiger partial charge in [0, 0.05) is 31.4 Å². The summed E-state index contributed by atoms with van der Waals surface area (Å²) in [6.45, 7) is 1.93. The minimum absolute atomic E-state index is 0.102. The van der Waals surface area contributed by atoms with Crippen molar-refractivity contribution in [3.8, 4) is 5.75 Å². The van der Waals surface area contributed by atoms with E-state index >= 15 is 0 Å². The molecule has 96 valence electrons. The summed E-state index contributed by atoms with van der Waals surface area (Å²) in [5.41, 5.74) is 6.00. The number of rotatable bonds is 4. The van der Waals surface area contributed by atoms with Gasteiger partial charge in [-0.15, -0.1) is 11.3 Å². The first-order chi connectivity index (χ1) is 8.56. The number of aromatic nitrogens is 1. The first-order valence-corrected chi connectivity index (χ1v) is 7.79. The zero-order valence-electron chi connectivity index (χ0n) is 9.64. The highest BCUT2D eigenvalue weighted by molar-refractivity contribution is 9.10. The van der Waals surface area contributed by atoms with Crippen molar-refractivity contribution in [1.82, 2.24) is 4.98 Å². The Balaban J connectivity index is 2.22. The third-order valence-electron chi connectivity index (χ3n) is 2.29. The van der Waals surface area contributed by atoms with Gasteiger partial charge < -0.3 is 10.5 Å². The molecule has 0 aliphatic carbocycles. The summed E-state index contributed by atoms with van der Waals surface area (Å²) >= 11 is 8.44. The van der Waals surface area contributed by atoms with Crippen LogP contribution in [0.15, 0.2) is 38.9 Å². The molecular weight excluding hydrogens is 380 g/mol. The topological polar surface area (TPSA) is 48.1 Å². The van der Waals surface area contributed by atoms with Crippen LogP contribution in [0.1, 0.15) is 17.9 Å². The first-order valence-electron chi connectivity index (χ1n) is 5.33. The molecule has 0 bridgehead atoms. The Morgan fingerprint density at radius 1 is 1.28 bits per heavy atom. The predicted octanol–water partition coefficient (Wildman–Crippen LogP) is 4.14. The highest BCUT2D eigenvalue weighted by atomic mass is 79.9. The monoisotopic (exact) mass is 390 g/mol. The Labute approximate surface area is 127 Å². The third-order valence-corrected chi connectivity index (χ3v) is 4.48. The quantitative estimate of drug-likeness (QED) is 0.851. The average Bonchev–Trinajstić information content (AvgIpc) is 2.72. The fraction of sp³-hybridized carbons (Fsp3) is 0.250. The first kappa shape index (κ1) is 14.0. The minimum Gasteiger partial charge on any atom is -0.482 e. The SMILES string of the molecule is CC(N)C(Oc1cncc(Br)c1)c1cc(Br)cs1. The summed E-state index contributed by atoms with van der Waals surface area (Å²) in [6, 6.07) is 3.81. The molecule has 0 radical (unpaired) electrons. The van der Waals surface area contributed by atoms with Gasteiger partial charge in [-0.1, -0.05) is 0 Å². The number of hydrogen-bond acceptors (Lipinski definition) is 4.